The lowest BCUT2D eigenvalue weighted by molar-refractivity contribution is -0.127. The van der Waals surface area contributed by atoms with Gasteiger partial charge >= 0.3 is 0 Å². The lowest BCUT2D eigenvalue weighted by atomic mass is 10.1. The summed E-state index contributed by atoms with van der Waals surface area (Å²) < 4.78 is 5.12. The van der Waals surface area contributed by atoms with Crippen LogP contribution in [0.2, 0.25) is 0 Å². The van der Waals surface area contributed by atoms with Crippen LogP contribution in [0.4, 0.5) is 0 Å². The molecule has 1 fully saturated rings. The SMILES string of the molecule is C=CCC(=O)NC1CC(=O)N(CCc2ccc(OC)cc2)C1. The Balaban J connectivity index is 1.81. The molecule has 1 aromatic carbocycles. The summed E-state index contributed by atoms with van der Waals surface area (Å²) >= 11 is 0. The van der Waals surface area contributed by atoms with E-state index < -0.39 is 0 Å². The summed E-state index contributed by atoms with van der Waals surface area (Å²) in [5.74, 6) is 0.841. The number of benzene rings is 1. The van der Waals surface area contributed by atoms with Crippen molar-refractivity contribution in [1.82, 2.24) is 10.2 Å². The molecule has 0 saturated carbocycles. The molecular weight excluding hydrogens is 280 g/mol. The molecule has 1 aliphatic rings. The second-order valence-electron chi connectivity index (χ2n) is 5.40. The molecule has 5 nitrogen and oxygen atoms in total. The standard InChI is InChI=1S/C17H22N2O3/c1-3-4-16(20)18-14-11-17(21)19(12-14)10-9-13-5-7-15(22-2)8-6-13/h3,5-8,14H,1,4,9-12H2,2H3,(H,18,20). The van der Waals surface area contributed by atoms with Crippen LogP contribution in [0.25, 0.3) is 0 Å². The molecule has 0 radical (unpaired) electrons. The van der Waals surface area contributed by atoms with E-state index in [1.807, 2.05) is 29.2 Å². The number of nitrogens with zero attached hydrogens (tertiary/aromatic N) is 1. The predicted molar refractivity (Wildman–Crippen MR) is 84.6 cm³/mol. The molecule has 1 saturated heterocycles. The zero-order chi connectivity index (χ0) is 15.9. The van der Waals surface area contributed by atoms with Gasteiger partial charge in [0.1, 0.15) is 5.75 Å². The van der Waals surface area contributed by atoms with Gasteiger partial charge in [-0.3, -0.25) is 9.59 Å². The monoisotopic (exact) mass is 302 g/mol. The zero-order valence-corrected chi connectivity index (χ0v) is 12.9. The van der Waals surface area contributed by atoms with Gasteiger partial charge in [0.2, 0.25) is 11.8 Å². The van der Waals surface area contributed by atoms with E-state index in [0.717, 1.165) is 17.7 Å². The fourth-order valence-corrected chi connectivity index (χ4v) is 2.56. The van der Waals surface area contributed by atoms with Crippen LogP contribution in [0.5, 0.6) is 5.75 Å². The van der Waals surface area contributed by atoms with E-state index in [1.54, 1.807) is 13.2 Å². The molecule has 0 aliphatic carbocycles. The third-order valence-corrected chi connectivity index (χ3v) is 3.74. The molecule has 1 N–H and O–H groups in total. The Kier molecular flexibility index (Phi) is 5.58. The van der Waals surface area contributed by atoms with Crippen molar-refractivity contribution < 1.29 is 14.3 Å². The van der Waals surface area contributed by atoms with Crippen LogP contribution in [0.3, 0.4) is 0 Å². The number of methoxy groups -OCH3 is 1. The number of amides is 2. The van der Waals surface area contributed by atoms with Gasteiger partial charge in [-0.2, -0.15) is 0 Å². The lowest BCUT2D eigenvalue weighted by Gasteiger charge is -2.17. The highest BCUT2D eigenvalue weighted by molar-refractivity contribution is 5.82. The molecule has 5 heteroatoms. The highest BCUT2D eigenvalue weighted by Crippen LogP contribution is 2.15. The number of carbonyl (C=O) groups is 2. The Bertz CT molecular complexity index is 539. The predicted octanol–water partition coefficient (Wildman–Crippen LogP) is 1.53. The molecule has 1 atom stereocenters. The smallest absolute Gasteiger partial charge is 0.224 e. The first-order chi connectivity index (χ1) is 10.6. The zero-order valence-electron chi connectivity index (χ0n) is 12.9. The minimum Gasteiger partial charge on any atom is -0.497 e. The maximum atomic E-state index is 12.0. The molecule has 1 heterocycles. The minimum atomic E-state index is -0.0872. The van der Waals surface area contributed by atoms with Gasteiger partial charge in [-0.25, -0.2) is 0 Å². The highest BCUT2D eigenvalue weighted by atomic mass is 16.5. The van der Waals surface area contributed by atoms with Gasteiger partial charge in [0.25, 0.3) is 0 Å². The van der Waals surface area contributed by atoms with Crippen LogP contribution >= 0.6 is 0 Å². The number of hydrogen-bond acceptors (Lipinski definition) is 3. The van der Waals surface area contributed by atoms with Crippen LogP contribution in [0.1, 0.15) is 18.4 Å². The summed E-state index contributed by atoms with van der Waals surface area (Å²) in [5, 5.41) is 2.86. The number of rotatable bonds is 7. The first kappa shape index (κ1) is 16.1. The first-order valence-corrected chi connectivity index (χ1v) is 7.43. The summed E-state index contributed by atoms with van der Waals surface area (Å²) in [6.07, 6.45) is 3.03. The summed E-state index contributed by atoms with van der Waals surface area (Å²) in [6, 6.07) is 7.75. The van der Waals surface area contributed by atoms with Crippen molar-refractivity contribution in [3.05, 3.63) is 42.5 Å². The largest absolute Gasteiger partial charge is 0.497 e. The quantitative estimate of drug-likeness (QED) is 0.777. The van der Waals surface area contributed by atoms with Crippen LogP contribution in [0, 0.1) is 0 Å². The maximum Gasteiger partial charge on any atom is 0.224 e. The van der Waals surface area contributed by atoms with Crippen molar-refractivity contribution in [1.29, 1.82) is 0 Å². The normalized spacial score (nSPS) is 17.4. The van der Waals surface area contributed by atoms with Crippen molar-refractivity contribution in [2.24, 2.45) is 0 Å². The van der Waals surface area contributed by atoms with Gasteiger partial charge in [-0.1, -0.05) is 18.2 Å². The third kappa shape index (κ3) is 4.35. The minimum absolute atomic E-state index is 0.0789. The number of hydrogen-bond donors (Lipinski definition) is 1. The molecule has 22 heavy (non-hydrogen) atoms. The van der Waals surface area contributed by atoms with E-state index >= 15 is 0 Å². The average Bonchev–Trinajstić information content (AvgIpc) is 2.85. The summed E-state index contributed by atoms with van der Waals surface area (Å²) in [6.45, 7) is 4.78. The molecule has 2 amide bonds. The van der Waals surface area contributed by atoms with Gasteiger partial charge in [0, 0.05) is 25.9 Å². The van der Waals surface area contributed by atoms with Gasteiger partial charge in [0.15, 0.2) is 0 Å². The Morgan fingerprint density at radius 2 is 2.18 bits per heavy atom. The average molecular weight is 302 g/mol. The summed E-state index contributed by atoms with van der Waals surface area (Å²) in [4.78, 5) is 25.3. The molecule has 1 unspecified atom stereocenters. The van der Waals surface area contributed by atoms with Gasteiger partial charge in [-0.15, -0.1) is 6.58 Å². The Labute approximate surface area is 130 Å². The van der Waals surface area contributed by atoms with Crippen molar-refractivity contribution in [2.45, 2.75) is 25.3 Å². The van der Waals surface area contributed by atoms with Crippen LogP contribution in [-0.4, -0.2) is 43.0 Å². The topological polar surface area (TPSA) is 58.6 Å². The van der Waals surface area contributed by atoms with Crippen LogP contribution < -0.4 is 10.1 Å². The molecular formula is C17H22N2O3. The molecule has 2 rings (SSSR count). The van der Waals surface area contributed by atoms with Crippen LogP contribution in [-0.2, 0) is 16.0 Å². The van der Waals surface area contributed by atoms with E-state index in [0.29, 0.717) is 19.5 Å². The lowest BCUT2D eigenvalue weighted by Crippen LogP contribution is -2.37. The van der Waals surface area contributed by atoms with Crippen LogP contribution in [0.15, 0.2) is 36.9 Å². The van der Waals surface area contributed by atoms with Gasteiger partial charge in [0.05, 0.1) is 13.2 Å². The molecule has 118 valence electrons. The number of ether oxygens (including phenoxy) is 1. The van der Waals surface area contributed by atoms with Gasteiger partial charge in [-0.05, 0) is 24.1 Å². The number of likely N-dealkylation sites (tertiary alicyclic amines) is 1. The van der Waals surface area contributed by atoms with Crippen molar-refractivity contribution in [3.8, 4) is 5.75 Å². The molecule has 0 bridgehead atoms. The van der Waals surface area contributed by atoms with Crippen molar-refractivity contribution in [2.75, 3.05) is 20.2 Å². The second kappa shape index (κ2) is 7.64. The molecule has 0 spiro atoms. The van der Waals surface area contributed by atoms with E-state index in [2.05, 4.69) is 11.9 Å². The number of carbonyl (C=O) groups excluding carboxylic acids is 2. The Morgan fingerprint density at radius 1 is 1.45 bits per heavy atom. The van der Waals surface area contributed by atoms with Crippen molar-refractivity contribution >= 4 is 11.8 Å². The maximum absolute atomic E-state index is 12.0. The fourth-order valence-electron chi connectivity index (χ4n) is 2.56. The second-order valence-corrected chi connectivity index (χ2v) is 5.40. The first-order valence-electron chi connectivity index (χ1n) is 7.43. The van der Waals surface area contributed by atoms with E-state index in [4.69, 9.17) is 4.74 Å². The van der Waals surface area contributed by atoms with Crippen molar-refractivity contribution in [3.63, 3.8) is 0 Å². The Morgan fingerprint density at radius 3 is 2.82 bits per heavy atom. The fraction of sp³-hybridized carbons (Fsp3) is 0.412. The van der Waals surface area contributed by atoms with E-state index in [9.17, 15) is 9.59 Å². The summed E-state index contributed by atoms with van der Waals surface area (Å²) in [7, 11) is 1.64. The highest BCUT2D eigenvalue weighted by Gasteiger charge is 2.29. The molecule has 1 aliphatic heterocycles. The Hall–Kier alpha value is -2.30. The molecule has 0 aromatic heterocycles. The van der Waals surface area contributed by atoms with E-state index in [-0.39, 0.29) is 24.3 Å². The number of nitrogens with one attached hydrogen (secondary N) is 1. The van der Waals surface area contributed by atoms with Gasteiger partial charge < -0.3 is 15.0 Å². The molecule has 1 aromatic rings. The summed E-state index contributed by atoms with van der Waals surface area (Å²) in [5.41, 5.74) is 1.16. The third-order valence-electron chi connectivity index (χ3n) is 3.74. The van der Waals surface area contributed by atoms with E-state index in [1.165, 1.54) is 0 Å².